The van der Waals surface area contributed by atoms with Gasteiger partial charge in [0, 0.05) is 36.6 Å². The molecule has 8 nitrogen and oxygen atoms in total. The summed E-state index contributed by atoms with van der Waals surface area (Å²) in [7, 11) is 3.07. The van der Waals surface area contributed by atoms with Crippen molar-refractivity contribution in [3.05, 3.63) is 35.4 Å². The van der Waals surface area contributed by atoms with Crippen molar-refractivity contribution >= 4 is 0 Å². The molecule has 0 saturated carbocycles. The van der Waals surface area contributed by atoms with E-state index < -0.39 is 0 Å². The van der Waals surface area contributed by atoms with E-state index in [1.54, 1.807) is 0 Å². The molecule has 0 aromatic heterocycles. The third-order valence-corrected chi connectivity index (χ3v) is 6.33. The Kier molecular flexibility index (Phi) is 5.19. The van der Waals surface area contributed by atoms with E-state index >= 15 is 0 Å². The maximum Gasteiger partial charge on any atom is 0.231 e. The van der Waals surface area contributed by atoms with Gasteiger partial charge in [0.1, 0.15) is 5.75 Å². The predicted octanol–water partition coefficient (Wildman–Crippen LogP) is 2.96. The van der Waals surface area contributed by atoms with Crippen LogP contribution in [0.3, 0.4) is 0 Å². The number of hydrogen-bond donors (Lipinski definition) is 1. The maximum absolute atomic E-state index is 10.4. The van der Waals surface area contributed by atoms with E-state index in [1.807, 2.05) is 24.3 Å². The molecule has 3 atom stereocenters. The lowest BCUT2D eigenvalue weighted by molar-refractivity contribution is -0.0784. The van der Waals surface area contributed by atoms with Crippen LogP contribution >= 0.6 is 0 Å². The summed E-state index contributed by atoms with van der Waals surface area (Å²) in [4.78, 5) is 2.32. The molecule has 0 unspecified atom stereocenters. The van der Waals surface area contributed by atoms with Crippen LogP contribution in [0, 0.1) is 5.92 Å². The van der Waals surface area contributed by atoms with Gasteiger partial charge in [0.2, 0.25) is 12.5 Å². The van der Waals surface area contributed by atoms with Crippen molar-refractivity contribution in [2.45, 2.75) is 19.1 Å². The van der Waals surface area contributed by atoms with Crippen LogP contribution in [0.5, 0.6) is 34.5 Å². The second-order valence-corrected chi connectivity index (χ2v) is 8.01. The van der Waals surface area contributed by atoms with Crippen LogP contribution in [-0.4, -0.2) is 63.6 Å². The van der Waals surface area contributed by atoms with Gasteiger partial charge in [-0.1, -0.05) is 6.92 Å². The van der Waals surface area contributed by atoms with Gasteiger partial charge >= 0.3 is 0 Å². The number of hydrogen-bond acceptors (Lipinski definition) is 8. The molecule has 2 aromatic carbocycles. The third-order valence-electron chi connectivity index (χ3n) is 6.33. The summed E-state index contributed by atoms with van der Waals surface area (Å²) >= 11 is 0. The lowest BCUT2D eigenvalue weighted by atomic mass is 9.77. The minimum atomic E-state index is -0.132. The molecule has 8 heteroatoms. The smallest absolute Gasteiger partial charge is 0.231 e. The number of rotatable bonds is 4. The Hall–Kier alpha value is -2.84. The maximum atomic E-state index is 10.4. The number of fused-ring (bicyclic) bond motifs is 2. The van der Waals surface area contributed by atoms with E-state index in [-0.39, 0.29) is 30.6 Å². The Balaban J connectivity index is 1.64. The zero-order valence-electron chi connectivity index (χ0n) is 17.9. The SMILES string of the molecule is COc1cc([C@@H]2c3cc4c(cc3O[C@H](N3CCOCC3)[C@H]2C)OCO4)cc(OC)c1O. The van der Waals surface area contributed by atoms with Crippen LogP contribution in [0.1, 0.15) is 24.0 Å². The van der Waals surface area contributed by atoms with Gasteiger partial charge in [0.05, 0.1) is 27.4 Å². The molecule has 0 amide bonds. The summed E-state index contributed by atoms with van der Waals surface area (Å²) in [6.07, 6.45) is -0.132. The molecule has 1 fully saturated rings. The highest BCUT2D eigenvalue weighted by Crippen LogP contribution is 2.51. The van der Waals surface area contributed by atoms with Gasteiger partial charge in [-0.15, -0.1) is 0 Å². The Bertz CT molecular complexity index is 948. The van der Waals surface area contributed by atoms with E-state index in [0.29, 0.717) is 36.2 Å². The monoisotopic (exact) mass is 429 g/mol. The number of ether oxygens (including phenoxy) is 6. The molecule has 5 rings (SSSR count). The van der Waals surface area contributed by atoms with Crippen molar-refractivity contribution in [1.29, 1.82) is 0 Å². The molecule has 2 aromatic rings. The fourth-order valence-corrected chi connectivity index (χ4v) is 4.78. The molecule has 0 spiro atoms. The molecule has 31 heavy (non-hydrogen) atoms. The summed E-state index contributed by atoms with van der Waals surface area (Å²) in [5.41, 5.74) is 1.98. The first-order valence-electron chi connectivity index (χ1n) is 10.5. The van der Waals surface area contributed by atoms with E-state index in [0.717, 1.165) is 30.0 Å². The van der Waals surface area contributed by atoms with Gasteiger partial charge in [-0.25, -0.2) is 0 Å². The number of morpholine rings is 1. The molecule has 166 valence electrons. The number of benzene rings is 2. The number of aromatic hydroxyl groups is 1. The highest BCUT2D eigenvalue weighted by atomic mass is 16.7. The fourth-order valence-electron chi connectivity index (χ4n) is 4.78. The normalized spacial score (nSPS) is 24.9. The van der Waals surface area contributed by atoms with E-state index in [4.69, 9.17) is 28.4 Å². The molecule has 0 bridgehead atoms. The first kappa shape index (κ1) is 20.1. The minimum Gasteiger partial charge on any atom is -0.502 e. The van der Waals surface area contributed by atoms with Gasteiger partial charge in [0.25, 0.3) is 0 Å². The molecule has 3 heterocycles. The average molecular weight is 429 g/mol. The molecule has 1 N–H and O–H groups in total. The second kappa shape index (κ2) is 8.01. The van der Waals surface area contributed by atoms with Crippen molar-refractivity contribution < 1.29 is 33.5 Å². The molecule has 0 radical (unpaired) electrons. The van der Waals surface area contributed by atoms with Crippen molar-refractivity contribution in [2.24, 2.45) is 5.92 Å². The standard InChI is InChI=1S/C23H27NO7/c1-13-21(14-8-19(26-2)22(25)20(9-14)27-3)15-10-17-18(30-12-29-17)11-16(15)31-23(13)24-4-6-28-7-5-24/h8-11,13,21,23,25H,4-7,12H2,1-3H3/t13-,21+,23-/m0/s1. The van der Waals surface area contributed by atoms with Crippen LogP contribution < -0.4 is 23.7 Å². The zero-order chi connectivity index (χ0) is 21.5. The van der Waals surface area contributed by atoms with E-state index in [1.165, 1.54) is 14.2 Å². The van der Waals surface area contributed by atoms with Gasteiger partial charge in [-0.2, -0.15) is 0 Å². The van der Waals surface area contributed by atoms with E-state index in [2.05, 4.69) is 11.8 Å². The first-order valence-corrected chi connectivity index (χ1v) is 10.5. The first-order chi connectivity index (χ1) is 15.1. The minimum absolute atomic E-state index is 0.0101. The van der Waals surface area contributed by atoms with Crippen LogP contribution in [-0.2, 0) is 4.74 Å². The molecule has 3 aliphatic heterocycles. The molecular formula is C23H27NO7. The zero-order valence-corrected chi connectivity index (χ0v) is 17.9. The second-order valence-electron chi connectivity index (χ2n) is 8.01. The molecule has 0 aliphatic carbocycles. The topological polar surface area (TPSA) is 78.9 Å². The summed E-state index contributed by atoms with van der Waals surface area (Å²) < 4.78 is 34.2. The molecule has 1 saturated heterocycles. The van der Waals surface area contributed by atoms with Gasteiger partial charge in [-0.3, -0.25) is 4.90 Å². The third kappa shape index (κ3) is 3.40. The van der Waals surface area contributed by atoms with Crippen molar-refractivity contribution in [3.63, 3.8) is 0 Å². The molecule has 3 aliphatic rings. The Morgan fingerprint density at radius 2 is 1.58 bits per heavy atom. The van der Waals surface area contributed by atoms with Crippen molar-refractivity contribution in [1.82, 2.24) is 4.90 Å². The predicted molar refractivity (Wildman–Crippen MR) is 112 cm³/mol. The summed E-state index contributed by atoms with van der Waals surface area (Å²) in [5, 5.41) is 10.4. The summed E-state index contributed by atoms with van der Waals surface area (Å²) in [6.45, 7) is 5.38. The fraction of sp³-hybridized carbons (Fsp3) is 0.478. The van der Waals surface area contributed by atoms with Crippen LogP contribution in [0.4, 0.5) is 0 Å². The average Bonchev–Trinajstić information content (AvgIpc) is 3.25. The molecular weight excluding hydrogens is 402 g/mol. The van der Waals surface area contributed by atoms with Gasteiger partial charge < -0.3 is 33.5 Å². The van der Waals surface area contributed by atoms with Gasteiger partial charge in [-0.05, 0) is 23.8 Å². The Morgan fingerprint density at radius 3 is 2.23 bits per heavy atom. The summed E-state index contributed by atoms with van der Waals surface area (Å²) in [5.74, 6) is 2.98. The van der Waals surface area contributed by atoms with Gasteiger partial charge in [0.15, 0.2) is 29.2 Å². The van der Waals surface area contributed by atoms with Crippen molar-refractivity contribution in [2.75, 3.05) is 47.3 Å². The number of phenols is 1. The number of phenolic OH excluding ortho intramolecular Hbond substituents is 1. The number of methoxy groups -OCH3 is 2. The van der Waals surface area contributed by atoms with E-state index in [9.17, 15) is 5.11 Å². The van der Waals surface area contributed by atoms with Crippen LogP contribution in [0.2, 0.25) is 0 Å². The Morgan fingerprint density at radius 1 is 0.935 bits per heavy atom. The highest BCUT2D eigenvalue weighted by Gasteiger charge is 2.41. The van der Waals surface area contributed by atoms with Crippen LogP contribution in [0.15, 0.2) is 24.3 Å². The Labute approximate surface area is 181 Å². The quantitative estimate of drug-likeness (QED) is 0.795. The van der Waals surface area contributed by atoms with Crippen LogP contribution in [0.25, 0.3) is 0 Å². The lowest BCUT2D eigenvalue weighted by Crippen LogP contribution is -2.52. The highest BCUT2D eigenvalue weighted by molar-refractivity contribution is 5.59. The largest absolute Gasteiger partial charge is 0.502 e. The number of nitrogens with zero attached hydrogens (tertiary/aromatic N) is 1. The van der Waals surface area contributed by atoms with Crippen molar-refractivity contribution in [3.8, 4) is 34.5 Å². The lowest BCUT2D eigenvalue weighted by Gasteiger charge is -2.44. The summed E-state index contributed by atoms with van der Waals surface area (Å²) in [6, 6.07) is 7.66.